The normalized spacial score (nSPS) is 20.9. The monoisotopic (exact) mass is 375 g/mol. The van der Waals surface area contributed by atoms with Crippen molar-refractivity contribution in [3.05, 3.63) is 59.3 Å². The van der Waals surface area contributed by atoms with Gasteiger partial charge in [0.25, 0.3) is 17.4 Å². The van der Waals surface area contributed by atoms with Gasteiger partial charge in [0.15, 0.2) is 0 Å². The first kappa shape index (κ1) is 16.9. The number of anilines is 1. The van der Waals surface area contributed by atoms with Crippen LogP contribution in [0.5, 0.6) is 5.75 Å². The number of ether oxygens (including phenoxy) is 1. The van der Waals surface area contributed by atoms with Gasteiger partial charge in [0, 0.05) is 41.7 Å². The van der Waals surface area contributed by atoms with Crippen molar-refractivity contribution in [2.24, 2.45) is 0 Å². The molecule has 3 heterocycles. The van der Waals surface area contributed by atoms with Crippen LogP contribution in [0.1, 0.15) is 23.7 Å². The molecule has 0 aliphatic carbocycles. The molecule has 0 saturated heterocycles. The van der Waals surface area contributed by atoms with Gasteiger partial charge >= 0.3 is 0 Å². The van der Waals surface area contributed by atoms with Crippen LogP contribution in [0.2, 0.25) is 0 Å². The van der Waals surface area contributed by atoms with E-state index in [0.29, 0.717) is 24.5 Å². The Morgan fingerprint density at radius 3 is 2.89 bits per heavy atom. The summed E-state index contributed by atoms with van der Waals surface area (Å²) in [6.45, 7) is 4.51. The van der Waals surface area contributed by atoms with Crippen molar-refractivity contribution >= 4 is 28.4 Å². The Hall–Kier alpha value is -3.28. The van der Waals surface area contributed by atoms with Crippen LogP contribution in [-0.4, -0.2) is 33.8 Å². The largest absolute Gasteiger partial charge is 0.466 e. The van der Waals surface area contributed by atoms with Crippen molar-refractivity contribution in [1.82, 2.24) is 9.88 Å². The second-order valence-electron chi connectivity index (χ2n) is 7.69. The predicted octanol–water partition coefficient (Wildman–Crippen LogP) is 3.15. The van der Waals surface area contributed by atoms with Crippen molar-refractivity contribution in [2.45, 2.75) is 32.4 Å². The summed E-state index contributed by atoms with van der Waals surface area (Å²) in [5, 5.41) is 3.96. The lowest BCUT2D eigenvalue weighted by Crippen LogP contribution is -2.60. The number of aryl methyl sites for hydroxylation is 1. The SMILES string of the molecule is Cc1ccc2c(c1)NC(=O)C(C)(C(=O)N1CCc3[nH]c4ccccc4c3C1)O2. The van der Waals surface area contributed by atoms with Gasteiger partial charge in [-0.15, -0.1) is 0 Å². The molecule has 2 aromatic carbocycles. The van der Waals surface area contributed by atoms with E-state index in [4.69, 9.17) is 4.74 Å². The minimum absolute atomic E-state index is 0.313. The zero-order chi connectivity index (χ0) is 19.5. The summed E-state index contributed by atoms with van der Waals surface area (Å²) in [6, 6.07) is 13.6. The maximum Gasteiger partial charge on any atom is 0.278 e. The second kappa shape index (κ2) is 5.86. The number of para-hydroxylation sites is 1. The van der Waals surface area contributed by atoms with Crippen molar-refractivity contribution in [3.63, 3.8) is 0 Å². The number of carbonyl (C=O) groups excluding carboxylic acids is 2. The molecule has 3 aromatic rings. The van der Waals surface area contributed by atoms with Crippen molar-refractivity contribution in [3.8, 4) is 5.75 Å². The van der Waals surface area contributed by atoms with E-state index in [-0.39, 0.29) is 5.91 Å². The molecule has 142 valence electrons. The zero-order valence-corrected chi connectivity index (χ0v) is 15.8. The molecule has 1 atom stereocenters. The molecule has 0 spiro atoms. The van der Waals surface area contributed by atoms with Crippen LogP contribution in [0, 0.1) is 6.92 Å². The number of aromatic nitrogens is 1. The number of H-pyrrole nitrogens is 1. The van der Waals surface area contributed by atoms with Crippen LogP contribution in [0.15, 0.2) is 42.5 Å². The van der Waals surface area contributed by atoms with E-state index in [1.807, 2.05) is 37.3 Å². The number of nitrogens with zero attached hydrogens (tertiary/aromatic N) is 1. The van der Waals surface area contributed by atoms with Gasteiger partial charge in [0.2, 0.25) is 0 Å². The van der Waals surface area contributed by atoms with Crippen LogP contribution >= 0.6 is 0 Å². The quantitative estimate of drug-likeness (QED) is 0.642. The van der Waals surface area contributed by atoms with Crippen molar-refractivity contribution in [1.29, 1.82) is 0 Å². The summed E-state index contributed by atoms with van der Waals surface area (Å²) in [6.07, 6.45) is 0.725. The van der Waals surface area contributed by atoms with Crippen LogP contribution in [0.3, 0.4) is 0 Å². The van der Waals surface area contributed by atoms with Gasteiger partial charge in [-0.1, -0.05) is 24.3 Å². The Labute approximate surface area is 162 Å². The Kier molecular flexibility index (Phi) is 3.53. The molecule has 2 N–H and O–H groups in total. The first-order chi connectivity index (χ1) is 13.5. The van der Waals surface area contributed by atoms with Crippen LogP contribution in [0.25, 0.3) is 10.9 Å². The fourth-order valence-electron chi connectivity index (χ4n) is 4.12. The number of aromatic amines is 1. The molecule has 0 bridgehead atoms. The summed E-state index contributed by atoms with van der Waals surface area (Å²) in [5.74, 6) is -0.224. The molecule has 0 radical (unpaired) electrons. The number of hydrogen-bond acceptors (Lipinski definition) is 3. The van der Waals surface area contributed by atoms with E-state index in [1.54, 1.807) is 17.9 Å². The summed E-state index contributed by atoms with van der Waals surface area (Å²) in [4.78, 5) is 31.3. The number of hydrogen-bond donors (Lipinski definition) is 2. The van der Waals surface area contributed by atoms with E-state index in [1.165, 1.54) is 0 Å². The third-order valence-electron chi connectivity index (χ3n) is 5.71. The van der Waals surface area contributed by atoms with E-state index >= 15 is 0 Å². The summed E-state index contributed by atoms with van der Waals surface area (Å²) >= 11 is 0. The van der Waals surface area contributed by atoms with Gasteiger partial charge in [0.1, 0.15) is 5.75 Å². The van der Waals surface area contributed by atoms with Gasteiger partial charge < -0.3 is 19.9 Å². The molecular formula is C22H21N3O3. The van der Waals surface area contributed by atoms with E-state index in [9.17, 15) is 9.59 Å². The molecule has 0 saturated carbocycles. The number of nitrogens with one attached hydrogen (secondary N) is 2. The fraction of sp³-hybridized carbons (Fsp3) is 0.273. The van der Waals surface area contributed by atoms with Gasteiger partial charge in [-0.3, -0.25) is 9.59 Å². The molecular weight excluding hydrogens is 354 g/mol. The molecule has 1 unspecified atom stereocenters. The lowest BCUT2D eigenvalue weighted by Gasteiger charge is -2.38. The van der Waals surface area contributed by atoms with E-state index in [2.05, 4.69) is 16.4 Å². The zero-order valence-electron chi connectivity index (χ0n) is 15.8. The fourth-order valence-corrected chi connectivity index (χ4v) is 4.12. The highest BCUT2D eigenvalue weighted by molar-refractivity contribution is 6.15. The highest BCUT2D eigenvalue weighted by Gasteiger charge is 2.49. The Morgan fingerprint density at radius 2 is 2.04 bits per heavy atom. The minimum atomic E-state index is -1.58. The number of fused-ring (bicyclic) bond motifs is 4. The first-order valence-electron chi connectivity index (χ1n) is 9.45. The van der Waals surface area contributed by atoms with Gasteiger partial charge in [0.05, 0.1) is 5.69 Å². The molecule has 2 aliphatic heterocycles. The number of carbonyl (C=O) groups is 2. The molecule has 0 fully saturated rings. The molecule has 6 nitrogen and oxygen atoms in total. The van der Waals surface area contributed by atoms with Crippen molar-refractivity contribution in [2.75, 3.05) is 11.9 Å². The molecule has 1 aromatic heterocycles. The van der Waals surface area contributed by atoms with E-state index < -0.39 is 11.5 Å². The Morgan fingerprint density at radius 1 is 1.21 bits per heavy atom. The van der Waals surface area contributed by atoms with E-state index in [0.717, 1.165) is 34.1 Å². The molecule has 2 amide bonds. The number of benzene rings is 2. The molecule has 28 heavy (non-hydrogen) atoms. The van der Waals surface area contributed by atoms with Gasteiger partial charge in [-0.05, 0) is 37.6 Å². The van der Waals surface area contributed by atoms with Gasteiger partial charge in [-0.2, -0.15) is 0 Å². The molecule has 6 heteroatoms. The number of amides is 2. The van der Waals surface area contributed by atoms with Crippen LogP contribution in [0.4, 0.5) is 5.69 Å². The standard InChI is InChI=1S/C22H21N3O3/c1-13-7-8-19-18(11-13)24-20(26)22(2,28-19)21(27)25-10-9-17-15(12-25)14-5-3-4-6-16(14)23-17/h3-8,11,23H,9-10,12H2,1-2H3,(H,24,26). The maximum atomic E-state index is 13.4. The molecule has 2 aliphatic rings. The summed E-state index contributed by atoms with van der Waals surface area (Å²) in [5.41, 5.74) is 3.39. The van der Waals surface area contributed by atoms with Crippen LogP contribution < -0.4 is 10.1 Å². The summed E-state index contributed by atoms with van der Waals surface area (Å²) in [7, 11) is 0. The average Bonchev–Trinajstić information content (AvgIpc) is 3.06. The first-order valence-corrected chi connectivity index (χ1v) is 9.45. The smallest absolute Gasteiger partial charge is 0.278 e. The lowest BCUT2D eigenvalue weighted by molar-refractivity contribution is -0.155. The maximum absolute atomic E-state index is 13.4. The summed E-state index contributed by atoms with van der Waals surface area (Å²) < 4.78 is 5.95. The Balaban J connectivity index is 1.46. The second-order valence-corrected chi connectivity index (χ2v) is 7.69. The predicted molar refractivity (Wildman–Crippen MR) is 106 cm³/mol. The highest BCUT2D eigenvalue weighted by atomic mass is 16.5. The Bertz CT molecular complexity index is 1130. The minimum Gasteiger partial charge on any atom is -0.466 e. The topological polar surface area (TPSA) is 74.4 Å². The van der Waals surface area contributed by atoms with Crippen molar-refractivity contribution < 1.29 is 14.3 Å². The third kappa shape index (κ3) is 2.41. The lowest BCUT2D eigenvalue weighted by atomic mass is 9.97. The highest BCUT2D eigenvalue weighted by Crippen LogP contribution is 2.36. The number of rotatable bonds is 1. The third-order valence-corrected chi connectivity index (χ3v) is 5.71. The van der Waals surface area contributed by atoms with Crippen LogP contribution in [-0.2, 0) is 22.6 Å². The molecule has 5 rings (SSSR count). The average molecular weight is 375 g/mol. The van der Waals surface area contributed by atoms with Gasteiger partial charge in [-0.25, -0.2) is 0 Å².